The molecule has 4 aromatic rings. The third-order valence-corrected chi connectivity index (χ3v) is 10.6. The highest BCUT2D eigenvalue weighted by Crippen LogP contribution is 2.44. The second kappa shape index (κ2) is 22.6. The molecule has 334 valence electrons. The standard InChI is InChI=1S/C46H56N8O9/c1-27(2)40(52-45(60)63-26-38-36-11-6-4-9-34(36)35-10-5-7-12-37(35)38)43(58)51-39(13-8-22-49-44(48)59)42(57)50-32-18-14-30(15-19-32)25-62-46(61)54-53-41(56)28(3)23-31(47)24-29-16-20-33(55)21-17-29/h4-7,9-12,14-21,27-28,31,38-40,55H,8,13,22-26,47H2,1-3H3,(H,50,57)(H,51,58)(H,52,60)(H,53,56)(H,54,61)(H3,48,49,59)/t28-,31+,39-,40-/m0/s1. The quantitative estimate of drug-likeness (QED) is 0.0464. The fraction of sp³-hybridized carbons (Fsp3) is 0.348. The van der Waals surface area contributed by atoms with Crippen LogP contribution in [0.2, 0.25) is 0 Å². The van der Waals surface area contributed by atoms with Gasteiger partial charge in [-0.1, -0.05) is 93.6 Å². The third-order valence-electron chi connectivity index (χ3n) is 10.6. The van der Waals surface area contributed by atoms with E-state index < -0.39 is 53.9 Å². The number of fused-ring (bicyclic) bond motifs is 3. The summed E-state index contributed by atoms with van der Waals surface area (Å²) in [4.78, 5) is 76.6. The lowest BCUT2D eigenvalue weighted by Gasteiger charge is -2.25. The Kier molecular flexibility index (Phi) is 16.9. The van der Waals surface area contributed by atoms with Crippen molar-refractivity contribution in [3.8, 4) is 16.9 Å². The predicted molar refractivity (Wildman–Crippen MR) is 236 cm³/mol. The minimum atomic E-state index is -1.07. The number of benzene rings is 4. The summed E-state index contributed by atoms with van der Waals surface area (Å²) in [5.41, 5.74) is 22.1. The third kappa shape index (κ3) is 13.9. The Balaban J connectivity index is 1.09. The number of amides is 7. The summed E-state index contributed by atoms with van der Waals surface area (Å²) in [6.07, 6.45) is -0.398. The number of hydrogen-bond acceptors (Lipinski definition) is 10. The fourth-order valence-electron chi connectivity index (χ4n) is 7.26. The minimum Gasteiger partial charge on any atom is -0.508 e. The van der Waals surface area contributed by atoms with Gasteiger partial charge in [0.15, 0.2) is 0 Å². The van der Waals surface area contributed by atoms with E-state index in [1.807, 2.05) is 48.5 Å². The number of alkyl carbamates (subject to hydrolysis) is 1. The summed E-state index contributed by atoms with van der Waals surface area (Å²) in [5.74, 6) is -2.52. The molecule has 11 N–H and O–H groups in total. The highest BCUT2D eigenvalue weighted by atomic mass is 16.6. The van der Waals surface area contributed by atoms with Crippen molar-refractivity contribution >= 4 is 41.6 Å². The van der Waals surface area contributed by atoms with Gasteiger partial charge in [0.25, 0.3) is 0 Å². The number of ether oxygens (including phenoxy) is 2. The van der Waals surface area contributed by atoms with E-state index in [-0.39, 0.29) is 49.8 Å². The summed E-state index contributed by atoms with van der Waals surface area (Å²) in [5, 5.41) is 20.1. The highest BCUT2D eigenvalue weighted by Gasteiger charge is 2.32. The maximum absolute atomic E-state index is 13.7. The minimum absolute atomic E-state index is 0.0566. The molecule has 4 atom stereocenters. The first kappa shape index (κ1) is 46.9. The molecular weight excluding hydrogens is 809 g/mol. The topological polar surface area (TPSA) is 265 Å². The van der Waals surface area contributed by atoms with Gasteiger partial charge in [0, 0.05) is 30.1 Å². The molecule has 5 rings (SSSR count). The van der Waals surface area contributed by atoms with E-state index in [1.165, 1.54) is 0 Å². The first-order chi connectivity index (χ1) is 30.2. The Hall–Kier alpha value is -7.14. The van der Waals surface area contributed by atoms with Gasteiger partial charge in [-0.25, -0.2) is 19.8 Å². The molecule has 0 heterocycles. The molecule has 4 aromatic carbocycles. The van der Waals surface area contributed by atoms with Crippen molar-refractivity contribution in [2.75, 3.05) is 18.5 Å². The lowest BCUT2D eigenvalue weighted by molar-refractivity contribution is -0.128. The molecule has 0 radical (unpaired) electrons. The van der Waals surface area contributed by atoms with E-state index in [0.29, 0.717) is 30.5 Å². The van der Waals surface area contributed by atoms with Crippen LogP contribution in [-0.2, 0) is 36.9 Å². The van der Waals surface area contributed by atoms with Crippen LogP contribution in [0.4, 0.5) is 20.1 Å². The zero-order valence-electron chi connectivity index (χ0n) is 35.5. The van der Waals surface area contributed by atoms with Crippen molar-refractivity contribution < 1.29 is 43.3 Å². The van der Waals surface area contributed by atoms with E-state index in [9.17, 15) is 33.9 Å². The van der Waals surface area contributed by atoms with Crippen LogP contribution >= 0.6 is 0 Å². The van der Waals surface area contributed by atoms with Crippen LogP contribution in [0.25, 0.3) is 11.1 Å². The Bertz CT molecular complexity index is 2170. The van der Waals surface area contributed by atoms with Crippen LogP contribution in [0.3, 0.4) is 0 Å². The Morgan fingerprint density at radius 1 is 0.714 bits per heavy atom. The van der Waals surface area contributed by atoms with Crippen LogP contribution in [0.15, 0.2) is 97.1 Å². The number of urea groups is 1. The molecule has 0 aliphatic heterocycles. The maximum atomic E-state index is 13.7. The van der Waals surface area contributed by atoms with Gasteiger partial charge in [0.2, 0.25) is 17.7 Å². The summed E-state index contributed by atoms with van der Waals surface area (Å²) in [7, 11) is 0. The first-order valence-electron chi connectivity index (χ1n) is 20.8. The zero-order chi connectivity index (χ0) is 45.5. The number of carbonyl (C=O) groups excluding carboxylic acids is 6. The van der Waals surface area contributed by atoms with E-state index in [0.717, 1.165) is 27.8 Å². The van der Waals surface area contributed by atoms with E-state index in [4.69, 9.17) is 20.9 Å². The SMILES string of the molecule is CC(C)[C@H](NC(=O)OCC1c2ccccc2-c2ccccc21)C(=O)N[C@@H](CCCNC(N)=O)C(=O)Nc1ccc(COC(=O)NNC(=O)[C@@H](C)C[C@@H](N)Cc2ccc(O)cc2)cc1. The van der Waals surface area contributed by atoms with Gasteiger partial charge in [-0.15, -0.1) is 0 Å². The van der Waals surface area contributed by atoms with Crippen molar-refractivity contribution in [1.29, 1.82) is 0 Å². The van der Waals surface area contributed by atoms with Gasteiger partial charge in [0.1, 0.15) is 31.0 Å². The van der Waals surface area contributed by atoms with Gasteiger partial charge in [-0.2, -0.15) is 0 Å². The molecule has 0 saturated heterocycles. The van der Waals surface area contributed by atoms with Crippen LogP contribution in [0.5, 0.6) is 5.75 Å². The van der Waals surface area contributed by atoms with Crippen molar-refractivity contribution in [3.05, 3.63) is 119 Å². The molecule has 63 heavy (non-hydrogen) atoms. The number of phenolic OH excluding ortho intramolecular Hbond substituents is 1. The monoisotopic (exact) mass is 864 g/mol. The molecule has 0 aromatic heterocycles. The summed E-state index contributed by atoms with van der Waals surface area (Å²) >= 11 is 0. The molecule has 1 aliphatic carbocycles. The van der Waals surface area contributed by atoms with Gasteiger partial charge in [-0.05, 0) is 89.2 Å². The molecular formula is C46H56N8O9. The summed E-state index contributed by atoms with van der Waals surface area (Å²) in [6, 6.07) is 25.8. The van der Waals surface area contributed by atoms with Crippen LogP contribution in [-0.4, -0.2) is 72.3 Å². The van der Waals surface area contributed by atoms with Crippen LogP contribution in [0, 0.1) is 11.8 Å². The number of nitrogens with two attached hydrogens (primary N) is 2. The fourth-order valence-corrected chi connectivity index (χ4v) is 7.26. The number of nitrogens with one attached hydrogen (secondary N) is 6. The first-order valence-corrected chi connectivity index (χ1v) is 20.8. The van der Waals surface area contributed by atoms with Gasteiger partial charge in [-0.3, -0.25) is 19.8 Å². The number of carbonyl (C=O) groups is 6. The van der Waals surface area contributed by atoms with Gasteiger partial charge < -0.3 is 47.3 Å². The van der Waals surface area contributed by atoms with Crippen LogP contribution < -0.4 is 43.6 Å². The smallest absolute Gasteiger partial charge is 0.426 e. The molecule has 7 amide bonds. The van der Waals surface area contributed by atoms with Crippen molar-refractivity contribution in [3.63, 3.8) is 0 Å². The molecule has 17 heteroatoms. The second-order valence-electron chi connectivity index (χ2n) is 15.8. The lowest BCUT2D eigenvalue weighted by atomic mass is 9.96. The zero-order valence-corrected chi connectivity index (χ0v) is 35.5. The number of anilines is 1. The van der Waals surface area contributed by atoms with Crippen molar-refractivity contribution in [2.45, 2.75) is 77.1 Å². The average molecular weight is 865 g/mol. The average Bonchev–Trinajstić information content (AvgIpc) is 3.58. The molecule has 1 aliphatic rings. The largest absolute Gasteiger partial charge is 0.508 e. The molecule has 0 spiro atoms. The molecule has 17 nitrogen and oxygen atoms in total. The number of aromatic hydroxyl groups is 1. The van der Waals surface area contributed by atoms with E-state index >= 15 is 0 Å². The number of hydrazine groups is 1. The Morgan fingerprint density at radius 3 is 1.95 bits per heavy atom. The number of phenols is 1. The normalized spacial score (nSPS) is 13.5. The second-order valence-corrected chi connectivity index (χ2v) is 15.8. The van der Waals surface area contributed by atoms with Gasteiger partial charge in [0.05, 0.1) is 0 Å². The molecule has 0 saturated carbocycles. The predicted octanol–water partition coefficient (Wildman–Crippen LogP) is 4.68. The molecule has 0 fully saturated rings. The molecule has 0 unspecified atom stereocenters. The van der Waals surface area contributed by atoms with Gasteiger partial charge >= 0.3 is 18.2 Å². The lowest BCUT2D eigenvalue weighted by Crippen LogP contribution is -2.54. The highest BCUT2D eigenvalue weighted by molar-refractivity contribution is 5.98. The van der Waals surface area contributed by atoms with Crippen molar-refractivity contribution in [1.82, 2.24) is 26.8 Å². The summed E-state index contributed by atoms with van der Waals surface area (Å²) < 4.78 is 10.9. The number of hydrogen-bond donors (Lipinski definition) is 9. The number of rotatable bonds is 19. The van der Waals surface area contributed by atoms with E-state index in [1.54, 1.807) is 69.3 Å². The Morgan fingerprint density at radius 2 is 1.33 bits per heavy atom. The molecule has 0 bridgehead atoms. The number of primary amides is 1. The van der Waals surface area contributed by atoms with Crippen LogP contribution in [0.1, 0.15) is 68.2 Å². The van der Waals surface area contributed by atoms with Crippen molar-refractivity contribution in [2.24, 2.45) is 23.3 Å². The van der Waals surface area contributed by atoms with E-state index in [2.05, 4.69) is 32.1 Å². The maximum Gasteiger partial charge on any atom is 0.426 e. The Labute approximate surface area is 366 Å². The summed E-state index contributed by atoms with van der Waals surface area (Å²) in [6.45, 7) is 5.26.